The Balaban J connectivity index is 3.18. The lowest BCUT2D eigenvalue weighted by Crippen LogP contribution is -1.94. The van der Waals surface area contributed by atoms with Crippen molar-refractivity contribution in [2.24, 2.45) is 0 Å². The predicted octanol–water partition coefficient (Wildman–Crippen LogP) is 2.58. The van der Waals surface area contributed by atoms with E-state index in [2.05, 4.69) is 0 Å². The monoisotopic (exact) mass is 204 g/mol. The van der Waals surface area contributed by atoms with E-state index in [0.29, 0.717) is 11.3 Å². The van der Waals surface area contributed by atoms with Crippen molar-refractivity contribution in [3.8, 4) is 11.5 Å². The molecule has 0 aliphatic rings. The second kappa shape index (κ2) is 4.33. The van der Waals surface area contributed by atoms with Gasteiger partial charge in [0, 0.05) is 11.6 Å². The van der Waals surface area contributed by atoms with Gasteiger partial charge >= 0.3 is 0 Å². The Morgan fingerprint density at radius 3 is 2.31 bits per heavy atom. The van der Waals surface area contributed by atoms with Gasteiger partial charge in [0.1, 0.15) is 5.75 Å². The fourth-order valence-corrected chi connectivity index (χ4v) is 1.24. The van der Waals surface area contributed by atoms with Crippen LogP contribution in [0.4, 0.5) is 4.39 Å². The summed E-state index contributed by atoms with van der Waals surface area (Å²) < 4.78 is 22.8. The third kappa shape index (κ3) is 2.04. The molecule has 1 aromatic carbocycles. The molecule has 0 bridgehead atoms. The Labute approximate surface area is 81.2 Å². The van der Waals surface area contributed by atoms with Gasteiger partial charge in [-0.1, -0.05) is 0 Å². The van der Waals surface area contributed by atoms with Gasteiger partial charge in [-0.25, -0.2) is 4.39 Å². The number of ether oxygens (including phenoxy) is 2. The standard InChI is InChI=1S/C9H10ClFO2/c1-12-8-4-7(11)9(13-2)3-6(8)5-10/h3-4H,5H2,1-2H3. The molecule has 2 nitrogen and oxygen atoms in total. The van der Waals surface area contributed by atoms with Crippen LogP contribution in [0.1, 0.15) is 5.56 Å². The summed E-state index contributed by atoms with van der Waals surface area (Å²) in [4.78, 5) is 0. The predicted molar refractivity (Wildman–Crippen MR) is 49.1 cm³/mol. The van der Waals surface area contributed by atoms with Crippen molar-refractivity contribution < 1.29 is 13.9 Å². The third-order valence-corrected chi connectivity index (χ3v) is 1.99. The van der Waals surface area contributed by atoms with Gasteiger partial charge in [-0.05, 0) is 6.07 Å². The largest absolute Gasteiger partial charge is 0.496 e. The van der Waals surface area contributed by atoms with Crippen molar-refractivity contribution in [1.82, 2.24) is 0 Å². The Bertz CT molecular complexity index is 302. The average molecular weight is 205 g/mol. The van der Waals surface area contributed by atoms with Gasteiger partial charge in [0.15, 0.2) is 11.6 Å². The second-order valence-electron chi connectivity index (χ2n) is 2.43. The lowest BCUT2D eigenvalue weighted by atomic mass is 10.2. The lowest BCUT2D eigenvalue weighted by Gasteiger charge is -2.08. The first-order valence-corrected chi connectivity index (χ1v) is 4.22. The quantitative estimate of drug-likeness (QED) is 0.705. The summed E-state index contributed by atoms with van der Waals surface area (Å²) in [6, 6.07) is 2.79. The summed E-state index contributed by atoms with van der Waals surface area (Å²) in [6.45, 7) is 0. The molecule has 72 valence electrons. The molecule has 4 heteroatoms. The molecule has 0 saturated carbocycles. The Morgan fingerprint density at radius 1 is 1.23 bits per heavy atom. The van der Waals surface area contributed by atoms with Crippen LogP contribution < -0.4 is 9.47 Å². The lowest BCUT2D eigenvalue weighted by molar-refractivity contribution is 0.375. The number of methoxy groups -OCH3 is 2. The molecule has 0 N–H and O–H groups in total. The molecule has 0 aliphatic carbocycles. The Kier molecular flexibility index (Phi) is 3.37. The first kappa shape index (κ1) is 10.1. The van der Waals surface area contributed by atoms with Gasteiger partial charge in [-0.2, -0.15) is 0 Å². The highest BCUT2D eigenvalue weighted by atomic mass is 35.5. The molecule has 0 fully saturated rings. The topological polar surface area (TPSA) is 18.5 Å². The highest BCUT2D eigenvalue weighted by Gasteiger charge is 2.09. The summed E-state index contributed by atoms with van der Waals surface area (Å²) in [5.74, 6) is 0.428. The van der Waals surface area contributed by atoms with E-state index in [1.54, 1.807) is 0 Å². The number of hydrogen-bond donors (Lipinski definition) is 0. The fourth-order valence-electron chi connectivity index (χ4n) is 1.03. The molecule has 0 unspecified atom stereocenters. The van der Waals surface area contributed by atoms with Crippen LogP contribution in [-0.2, 0) is 5.88 Å². The summed E-state index contributed by atoms with van der Waals surface area (Å²) in [5.41, 5.74) is 0.711. The summed E-state index contributed by atoms with van der Waals surface area (Å²) >= 11 is 5.63. The van der Waals surface area contributed by atoms with Gasteiger partial charge in [0.2, 0.25) is 0 Å². The second-order valence-corrected chi connectivity index (χ2v) is 2.70. The molecule has 13 heavy (non-hydrogen) atoms. The molecule has 0 radical (unpaired) electrons. The zero-order valence-electron chi connectivity index (χ0n) is 7.43. The van der Waals surface area contributed by atoms with Gasteiger partial charge in [0.05, 0.1) is 20.1 Å². The zero-order chi connectivity index (χ0) is 9.84. The van der Waals surface area contributed by atoms with Gasteiger partial charge in [0.25, 0.3) is 0 Å². The molecule has 0 aliphatic heterocycles. The van der Waals surface area contributed by atoms with Crippen molar-refractivity contribution in [3.63, 3.8) is 0 Å². The van der Waals surface area contributed by atoms with E-state index in [1.807, 2.05) is 0 Å². The van der Waals surface area contributed by atoms with E-state index < -0.39 is 5.82 Å². The van der Waals surface area contributed by atoms with Crippen molar-refractivity contribution in [3.05, 3.63) is 23.5 Å². The van der Waals surface area contributed by atoms with E-state index in [0.717, 1.165) is 0 Å². The van der Waals surface area contributed by atoms with Crippen LogP contribution in [0.3, 0.4) is 0 Å². The van der Waals surface area contributed by atoms with E-state index in [4.69, 9.17) is 21.1 Å². The van der Waals surface area contributed by atoms with E-state index in [9.17, 15) is 4.39 Å². The SMILES string of the molecule is COc1cc(CCl)c(OC)cc1F. The number of rotatable bonds is 3. The summed E-state index contributed by atoms with van der Waals surface area (Å²) in [7, 11) is 2.88. The molecule has 0 saturated heterocycles. The fraction of sp³-hybridized carbons (Fsp3) is 0.333. The van der Waals surface area contributed by atoms with Crippen LogP contribution in [0.25, 0.3) is 0 Å². The summed E-state index contributed by atoms with van der Waals surface area (Å²) in [6.07, 6.45) is 0. The Morgan fingerprint density at radius 2 is 1.85 bits per heavy atom. The minimum Gasteiger partial charge on any atom is -0.496 e. The molecule has 0 aromatic heterocycles. The van der Waals surface area contributed by atoms with Crippen molar-refractivity contribution in [1.29, 1.82) is 0 Å². The average Bonchev–Trinajstić information content (AvgIpc) is 2.17. The zero-order valence-corrected chi connectivity index (χ0v) is 8.19. The number of benzene rings is 1. The Hall–Kier alpha value is -0.960. The van der Waals surface area contributed by atoms with E-state index in [1.165, 1.54) is 26.4 Å². The first-order chi connectivity index (χ1) is 6.22. The third-order valence-electron chi connectivity index (χ3n) is 1.70. The molecule has 1 rings (SSSR count). The highest BCUT2D eigenvalue weighted by Crippen LogP contribution is 2.28. The maximum absolute atomic E-state index is 13.1. The van der Waals surface area contributed by atoms with Crippen LogP contribution in [0.2, 0.25) is 0 Å². The maximum Gasteiger partial charge on any atom is 0.168 e. The van der Waals surface area contributed by atoms with Crippen LogP contribution in [0, 0.1) is 5.82 Å². The van der Waals surface area contributed by atoms with Crippen LogP contribution >= 0.6 is 11.6 Å². The number of hydrogen-bond acceptors (Lipinski definition) is 2. The normalized spacial score (nSPS) is 9.85. The molecule has 0 atom stereocenters. The first-order valence-electron chi connectivity index (χ1n) is 3.69. The number of halogens is 2. The van der Waals surface area contributed by atoms with Gasteiger partial charge in [-0.3, -0.25) is 0 Å². The maximum atomic E-state index is 13.1. The molecular formula is C9H10ClFO2. The molecule has 0 spiro atoms. The molecule has 0 heterocycles. The van der Waals surface area contributed by atoms with Crippen molar-refractivity contribution in [2.45, 2.75) is 5.88 Å². The highest BCUT2D eigenvalue weighted by molar-refractivity contribution is 6.17. The van der Waals surface area contributed by atoms with E-state index in [-0.39, 0.29) is 11.6 Å². The molecule has 0 amide bonds. The minimum atomic E-state index is -0.451. The minimum absolute atomic E-state index is 0.177. The van der Waals surface area contributed by atoms with Crippen LogP contribution in [-0.4, -0.2) is 14.2 Å². The van der Waals surface area contributed by atoms with E-state index >= 15 is 0 Å². The summed E-state index contributed by atoms with van der Waals surface area (Å²) in [5, 5.41) is 0. The van der Waals surface area contributed by atoms with Crippen LogP contribution in [0.5, 0.6) is 11.5 Å². The number of alkyl halides is 1. The van der Waals surface area contributed by atoms with Crippen LogP contribution in [0.15, 0.2) is 12.1 Å². The van der Waals surface area contributed by atoms with Crippen molar-refractivity contribution in [2.75, 3.05) is 14.2 Å². The molecule has 1 aromatic rings. The smallest absolute Gasteiger partial charge is 0.168 e. The van der Waals surface area contributed by atoms with Gasteiger partial charge in [-0.15, -0.1) is 11.6 Å². The van der Waals surface area contributed by atoms with Gasteiger partial charge < -0.3 is 9.47 Å². The molecular weight excluding hydrogens is 195 g/mol. The van der Waals surface area contributed by atoms with Crippen molar-refractivity contribution >= 4 is 11.6 Å².